The van der Waals surface area contributed by atoms with E-state index in [4.69, 9.17) is 16.3 Å². The zero-order chi connectivity index (χ0) is 11.5. The molecule has 1 atom stereocenters. The van der Waals surface area contributed by atoms with E-state index in [0.717, 1.165) is 0 Å². The number of carbonyl (C=O) groups excluding carboxylic acids is 1. The van der Waals surface area contributed by atoms with Gasteiger partial charge < -0.3 is 4.74 Å². The van der Waals surface area contributed by atoms with Crippen molar-refractivity contribution < 1.29 is 9.53 Å². The fourth-order valence-electron chi connectivity index (χ4n) is 1.76. The van der Waals surface area contributed by atoms with Crippen molar-refractivity contribution in [2.75, 3.05) is 24.4 Å². The van der Waals surface area contributed by atoms with Crippen LogP contribution in [0.5, 0.6) is 5.75 Å². The van der Waals surface area contributed by atoms with Gasteiger partial charge in [-0.05, 0) is 18.1 Å². The third-order valence-electron chi connectivity index (χ3n) is 2.66. The SMILES string of the molecule is COc1ccc(N2CC(CCl)CC2=O)nc1. The first kappa shape index (κ1) is 11.2. The molecule has 2 rings (SSSR count). The van der Waals surface area contributed by atoms with E-state index in [9.17, 15) is 4.79 Å². The fraction of sp³-hybridized carbons (Fsp3) is 0.455. The number of ether oxygens (including phenoxy) is 1. The lowest BCUT2D eigenvalue weighted by atomic mass is 10.1. The average Bonchev–Trinajstić information content (AvgIpc) is 2.71. The van der Waals surface area contributed by atoms with Gasteiger partial charge in [0, 0.05) is 18.8 Å². The highest BCUT2D eigenvalue weighted by Gasteiger charge is 2.30. The molecule has 0 saturated carbocycles. The molecule has 1 amide bonds. The Labute approximate surface area is 99.2 Å². The normalized spacial score (nSPS) is 20.2. The van der Waals surface area contributed by atoms with Crippen LogP contribution in [0.2, 0.25) is 0 Å². The number of pyridine rings is 1. The first-order valence-electron chi connectivity index (χ1n) is 5.11. The van der Waals surface area contributed by atoms with Crippen LogP contribution in [0, 0.1) is 5.92 Å². The van der Waals surface area contributed by atoms with Crippen LogP contribution in [0.15, 0.2) is 18.3 Å². The largest absolute Gasteiger partial charge is 0.495 e. The Hall–Kier alpha value is -1.29. The fourth-order valence-corrected chi connectivity index (χ4v) is 1.97. The van der Waals surface area contributed by atoms with Gasteiger partial charge in [-0.25, -0.2) is 4.98 Å². The molecule has 86 valence electrons. The van der Waals surface area contributed by atoms with Crippen LogP contribution >= 0.6 is 11.6 Å². The van der Waals surface area contributed by atoms with E-state index in [1.807, 2.05) is 0 Å². The van der Waals surface area contributed by atoms with Crippen LogP contribution < -0.4 is 9.64 Å². The molecule has 1 fully saturated rings. The van der Waals surface area contributed by atoms with Crippen LogP contribution in [0.4, 0.5) is 5.82 Å². The number of amides is 1. The van der Waals surface area contributed by atoms with Crippen LogP contribution in [0.25, 0.3) is 0 Å². The molecule has 0 spiro atoms. The first-order valence-corrected chi connectivity index (χ1v) is 5.64. The third-order valence-corrected chi connectivity index (χ3v) is 3.09. The van der Waals surface area contributed by atoms with Gasteiger partial charge in [-0.1, -0.05) is 0 Å². The molecule has 0 aliphatic carbocycles. The third kappa shape index (κ3) is 2.11. The summed E-state index contributed by atoms with van der Waals surface area (Å²) in [5, 5.41) is 0. The van der Waals surface area contributed by atoms with E-state index in [0.29, 0.717) is 30.4 Å². The molecule has 4 nitrogen and oxygen atoms in total. The van der Waals surface area contributed by atoms with Crippen molar-refractivity contribution in [1.82, 2.24) is 4.98 Å². The Balaban J connectivity index is 2.15. The number of hydrogen-bond acceptors (Lipinski definition) is 3. The Morgan fingerprint density at radius 1 is 1.62 bits per heavy atom. The van der Waals surface area contributed by atoms with E-state index in [1.54, 1.807) is 30.3 Å². The van der Waals surface area contributed by atoms with Gasteiger partial charge in [0.2, 0.25) is 5.91 Å². The molecule has 1 saturated heterocycles. The average molecular weight is 241 g/mol. The Morgan fingerprint density at radius 3 is 2.94 bits per heavy atom. The number of anilines is 1. The second kappa shape index (κ2) is 4.70. The summed E-state index contributed by atoms with van der Waals surface area (Å²) >= 11 is 5.75. The summed E-state index contributed by atoms with van der Waals surface area (Å²) in [7, 11) is 1.58. The predicted octanol–water partition coefficient (Wildman–Crippen LogP) is 1.68. The van der Waals surface area contributed by atoms with E-state index in [1.165, 1.54) is 0 Å². The minimum atomic E-state index is 0.0864. The Bertz CT molecular complexity index is 380. The molecule has 1 unspecified atom stereocenters. The highest BCUT2D eigenvalue weighted by atomic mass is 35.5. The Morgan fingerprint density at radius 2 is 2.44 bits per heavy atom. The topological polar surface area (TPSA) is 42.4 Å². The maximum Gasteiger partial charge on any atom is 0.228 e. The van der Waals surface area contributed by atoms with Crippen LogP contribution in [0.1, 0.15) is 6.42 Å². The first-order chi connectivity index (χ1) is 7.74. The van der Waals surface area contributed by atoms with Crippen LogP contribution in [-0.2, 0) is 4.79 Å². The molecule has 0 aromatic carbocycles. The van der Waals surface area contributed by atoms with Gasteiger partial charge in [-0.2, -0.15) is 0 Å². The summed E-state index contributed by atoms with van der Waals surface area (Å²) in [5.41, 5.74) is 0. The number of nitrogens with zero attached hydrogens (tertiary/aromatic N) is 2. The van der Waals surface area contributed by atoms with Crippen molar-refractivity contribution in [3.8, 4) is 5.75 Å². The molecule has 0 radical (unpaired) electrons. The maximum atomic E-state index is 11.7. The lowest BCUT2D eigenvalue weighted by Crippen LogP contribution is -2.25. The summed E-state index contributed by atoms with van der Waals surface area (Å²) in [6.45, 7) is 0.654. The zero-order valence-corrected chi connectivity index (χ0v) is 9.78. The second-order valence-electron chi connectivity index (χ2n) is 3.79. The quantitative estimate of drug-likeness (QED) is 0.755. The predicted molar refractivity (Wildman–Crippen MR) is 62.0 cm³/mol. The summed E-state index contributed by atoms with van der Waals surface area (Å²) < 4.78 is 5.01. The molecular formula is C11H13ClN2O2. The minimum Gasteiger partial charge on any atom is -0.495 e. The molecule has 0 N–H and O–H groups in total. The van der Waals surface area contributed by atoms with E-state index >= 15 is 0 Å². The summed E-state index contributed by atoms with van der Waals surface area (Å²) in [4.78, 5) is 17.6. The van der Waals surface area contributed by atoms with Gasteiger partial charge in [0.25, 0.3) is 0 Å². The molecule has 1 aliphatic heterocycles. The number of halogens is 1. The van der Waals surface area contributed by atoms with Crippen molar-refractivity contribution in [2.24, 2.45) is 5.92 Å². The van der Waals surface area contributed by atoms with Gasteiger partial charge in [0.1, 0.15) is 11.6 Å². The van der Waals surface area contributed by atoms with Crippen molar-refractivity contribution in [1.29, 1.82) is 0 Å². The van der Waals surface area contributed by atoms with E-state index < -0.39 is 0 Å². The molecular weight excluding hydrogens is 228 g/mol. The monoisotopic (exact) mass is 240 g/mol. The van der Waals surface area contributed by atoms with Crippen LogP contribution in [-0.4, -0.2) is 30.4 Å². The minimum absolute atomic E-state index is 0.0864. The zero-order valence-electron chi connectivity index (χ0n) is 9.02. The lowest BCUT2D eigenvalue weighted by Gasteiger charge is -2.15. The maximum absolute atomic E-state index is 11.7. The van der Waals surface area contributed by atoms with Gasteiger partial charge in [-0.15, -0.1) is 11.6 Å². The van der Waals surface area contributed by atoms with Crippen molar-refractivity contribution in [3.05, 3.63) is 18.3 Å². The summed E-state index contributed by atoms with van der Waals surface area (Å²) in [6.07, 6.45) is 2.12. The molecule has 1 aliphatic rings. The van der Waals surface area contributed by atoms with Crippen molar-refractivity contribution >= 4 is 23.3 Å². The molecule has 5 heteroatoms. The number of rotatable bonds is 3. The summed E-state index contributed by atoms with van der Waals surface area (Å²) in [6, 6.07) is 3.58. The van der Waals surface area contributed by atoms with Gasteiger partial charge in [0.05, 0.1) is 13.3 Å². The Kier molecular flexibility index (Phi) is 3.29. The summed E-state index contributed by atoms with van der Waals surface area (Å²) in [5.74, 6) is 2.18. The molecule has 2 heterocycles. The highest BCUT2D eigenvalue weighted by Crippen LogP contribution is 2.25. The molecule has 1 aromatic rings. The standard InChI is InChI=1S/C11H13ClN2O2/c1-16-9-2-3-10(13-6-9)14-7-8(5-12)4-11(14)15/h2-3,6,8H,4-5,7H2,1H3. The van der Waals surface area contributed by atoms with Crippen molar-refractivity contribution in [3.63, 3.8) is 0 Å². The number of hydrogen-bond donors (Lipinski definition) is 0. The van der Waals surface area contributed by atoms with E-state index in [-0.39, 0.29) is 11.8 Å². The molecule has 16 heavy (non-hydrogen) atoms. The number of alkyl halides is 1. The van der Waals surface area contributed by atoms with E-state index in [2.05, 4.69) is 4.98 Å². The molecule has 0 bridgehead atoms. The van der Waals surface area contributed by atoms with Gasteiger partial charge in [-0.3, -0.25) is 9.69 Å². The van der Waals surface area contributed by atoms with Gasteiger partial charge >= 0.3 is 0 Å². The highest BCUT2D eigenvalue weighted by molar-refractivity contribution is 6.18. The smallest absolute Gasteiger partial charge is 0.228 e. The molecule has 1 aromatic heterocycles. The number of aromatic nitrogens is 1. The van der Waals surface area contributed by atoms with Crippen LogP contribution in [0.3, 0.4) is 0 Å². The van der Waals surface area contributed by atoms with Crippen molar-refractivity contribution in [2.45, 2.75) is 6.42 Å². The number of methoxy groups -OCH3 is 1. The second-order valence-corrected chi connectivity index (χ2v) is 4.09. The van der Waals surface area contributed by atoms with Gasteiger partial charge in [0.15, 0.2) is 0 Å². The lowest BCUT2D eigenvalue weighted by molar-refractivity contribution is -0.117. The number of carbonyl (C=O) groups is 1.